The second kappa shape index (κ2) is 6.27. The number of anilines is 1. The fourth-order valence-electron chi connectivity index (χ4n) is 3.46. The molecule has 2 heterocycles. The molecule has 0 spiro atoms. The lowest BCUT2D eigenvalue weighted by atomic mass is 9.90. The molecule has 0 aromatic heterocycles. The maximum Gasteiger partial charge on any atom is 0.322 e. The zero-order valence-electron chi connectivity index (χ0n) is 11.8. The Kier molecular flexibility index (Phi) is 4.21. The quantitative estimate of drug-likeness (QED) is 0.870. The summed E-state index contributed by atoms with van der Waals surface area (Å²) in [6.07, 6.45) is 4.75. The minimum Gasteiger partial charge on any atom is -0.321 e. The molecule has 20 heavy (non-hydrogen) atoms. The predicted molar refractivity (Wildman–Crippen MR) is 80.8 cm³/mol. The van der Waals surface area contributed by atoms with Gasteiger partial charge in [0.25, 0.3) is 0 Å². The summed E-state index contributed by atoms with van der Waals surface area (Å²) < 4.78 is 0. The standard InChI is InChI=1S/C16H23N3O/c20-16(18-14-7-2-1-3-8-14)19-11-5-9-15(19)13-6-4-10-17-12-13/h1-3,7-8,13,15,17H,4-6,9-12H2,(H,18,20). The molecule has 0 bridgehead atoms. The van der Waals surface area contributed by atoms with Crippen LogP contribution in [0.25, 0.3) is 0 Å². The number of nitrogens with zero attached hydrogens (tertiary/aromatic N) is 1. The van der Waals surface area contributed by atoms with Gasteiger partial charge in [-0.05, 0) is 56.8 Å². The van der Waals surface area contributed by atoms with Crippen molar-refractivity contribution < 1.29 is 4.79 Å². The van der Waals surface area contributed by atoms with Crippen molar-refractivity contribution >= 4 is 11.7 Å². The predicted octanol–water partition coefficient (Wildman–Crippen LogP) is 2.68. The minimum atomic E-state index is 0.0595. The van der Waals surface area contributed by atoms with E-state index in [9.17, 15) is 4.79 Å². The Morgan fingerprint density at radius 2 is 2.05 bits per heavy atom. The van der Waals surface area contributed by atoms with Crippen LogP contribution in [0.15, 0.2) is 30.3 Å². The average Bonchev–Trinajstić information content (AvgIpc) is 2.99. The number of rotatable bonds is 2. The van der Waals surface area contributed by atoms with Crippen LogP contribution in [0.3, 0.4) is 0 Å². The van der Waals surface area contributed by atoms with Gasteiger partial charge >= 0.3 is 6.03 Å². The molecule has 1 aromatic carbocycles. The number of nitrogens with one attached hydrogen (secondary N) is 2. The van der Waals surface area contributed by atoms with Crippen molar-refractivity contribution in [1.29, 1.82) is 0 Å². The van der Waals surface area contributed by atoms with Crippen molar-refractivity contribution in [1.82, 2.24) is 10.2 Å². The zero-order chi connectivity index (χ0) is 13.8. The second-order valence-corrected chi connectivity index (χ2v) is 5.81. The summed E-state index contributed by atoms with van der Waals surface area (Å²) in [6.45, 7) is 3.07. The fourth-order valence-corrected chi connectivity index (χ4v) is 3.46. The van der Waals surface area contributed by atoms with E-state index in [2.05, 4.69) is 10.6 Å². The molecule has 1 aromatic rings. The van der Waals surface area contributed by atoms with Crippen molar-refractivity contribution in [2.24, 2.45) is 5.92 Å². The van der Waals surface area contributed by atoms with Gasteiger partial charge in [0.15, 0.2) is 0 Å². The Morgan fingerprint density at radius 1 is 1.20 bits per heavy atom. The van der Waals surface area contributed by atoms with E-state index >= 15 is 0 Å². The molecule has 2 fully saturated rings. The molecule has 2 saturated heterocycles. The van der Waals surface area contributed by atoms with Crippen LogP contribution in [-0.4, -0.2) is 36.6 Å². The first-order chi connectivity index (χ1) is 9.84. The summed E-state index contributed by atoms with van der Waals surface area (Å²) >= 11 is 0. The summed E-state index contributed by atoms with van der Waals surface area (Å²) in [4.78, 5) is 14.5. The topological polar surface area (TPSA) is 44.4 Å². The molecule has 0 saturated carbocycles. The van der Waals surface area contributed by atoms with Crippen molar-refractivity contribution in [3.8, 4) is 0 Å². The van der Waals surface area contributed by atoms with Crippen LogP contribution < -0.4 is 10.6 Å². The molecule has 108 valence electrons. The third kappa shape index (κ3) is 2.96. The molecule has 4 nitrogen and oxygen atoms in total. The van der Waals surface area contributed by atoms with E-state index in [1.165, 1.54) is 12.8 Å². The lowest BCUT2D eigenvalue weighted by Gasteiger charge is -2.34. The van der Waals surface area contributed by atoms with Gasteiger partial charge in [-0.1, -0.05) is 18.2 Å². The van der Waals surface area contributed by atoms with Crippen molar-refractivity contribution in [2.45, 2.75) is 31.7 Å². The summed E-state index contributed by atoms with van der Waals surface area (Å²) in [5, 5.41) is 6.48. The number of para-hydroxylation sites is 1. The van der Waals surface area contributed by atoms with Gasteiger partial charge in [-0.2, -0.15) is 0 Å². The van der Waals surface area contributed by atoms with Gasteiger partial charge in [-0.3, -0.25) is 0 Å². The number of hydrogen-bond donors (Lipinski definition) is 2. The lowest BCUT2D eigenvalue weighted by Crippen LogP contribution is -2.47. The lowest BCUT2D eigenvalue weighted by molar-refractivity contribution is 0.172. The van der Waals surface area contributed by atoms with Crippen LogP contribution >= 0.6 is 0 Å². The Hall–Kier alpha value is -1.55. The van der Waals surface area contributed by atoms with E-state index in [1.54, 1.807) is 0 Å². The first-order valence-electron chi connectivity index (χ1n) is 7.68. The molecule has 0 radical (unpaired) electrons. The molecular weight excluding hydrogens is 250 g/mol. The van der Waals surface area contributed by atoms with E-state index in [0.717, 1.165) is 38.2 Å². The molecule has 2 atom stereocenters. The molecule has 2 aliphatic heterocycles. The molecule has 2 aliphatic rings. The number of urea groups is 1. The Bertz CT molecular complexity index is 442. The highest BCUT2D eigenvalue weighted by atomic mass is 16.2. The van der Waals surface area contributed by atoms with Gasteiger partial charge in [-0.25, -0.2) is 4.79 Å². The van der Waals surface area contributed by atoms with Crippen molar-refractivity contribution in [3.05, 3.63) is 30.3 Å². The van der Waals surface area contributed by atoms with Crippen LogP contribution in [0.5, 0.6) is 0 Å². The molecule has 4 heteroatoms. The van der Waals surface area contributed by atoms with E-state index in [4.69, 9.17) is 0 Å². The molecule has 2 amide bonds. The maximum absolute atomic E-state index is 12.5. The third-order valence-electron chi connectivity index (χ3n) is 4.46. The molecule has 0 aliphatic carbocycles. The maximum atomic E-state index is 12.5. The number of amides is 2. The first-order valence-corrected chi connectivity index (χ1v) is 7.68. The monoisotopic (exact) mass is 273 g/mol. The third-order valence-corrected chi connectivity index (χ3v) is 4.46. The van der Waals surface area contributed by atoms with Crippen LogP contribution in [0.1, 0.15) is 25.7 Å². The number of benzene rings is 1. The van der Waals surface area contributed by atoms with Crippen molar-refractivity contribution in [2.75, 3.05) is 25.0 Å². The smallest absolute Gasteiger partial charge is 0.321 e. The Morgan fingerprint density at radius 3 is 2.80 bits per heavy atom. The van der Waals surface area contributed by atoms with Gasteiger partial charge in [0.1, 0.15) is 0 Å². The van der Waals surface area contributed by atoms with Crippen LogP contribution in [0.2, 0.25) is 0 Å². The second-order valence-electron chi connectivity index (χ2n) is 5.81. The fraction of sp³-hybridized carbons (Fsp3) is 0.562. The number of hydrogen-bond acceptors (Lipinski definition) is 2. The van der Waals surface area contributed by atoms with Gasteiger partial charge in [0.05, 0.1) is 0 Å². The number of likely N-dealkylation sites (tertiary alicyclic amines) is 1. The molecular formula is C16H23N3O. The highest BCUT2D eigenvalue weighted by Crippen LogP contribution is 2.28. The number of carbonyl (C=O) groups is 1. The van der Waals surface area contributed by atoms with Crippen LogP contribution in [-0.2, 0) is 0 Å². The average molecular weight is 273 g/mol. The van der Waals surface area contributed by atoms with Crippen LogP contribution in [0, 0.1) is 5.92 Å². The van der Waals surface area contributed by atoms with Gasteiger partial charge in [0.2, 0.25) is 0 Å². The summed E-state index contributed by atoms with van der Waals surface area (Å²) in [5.74, 6) is 0.618. The van der Waals surface area contributed by atoms with E-state index in [-0.39, 0.29) is 6.03 Å². The summed E-state index contributed by atoms with van der Waals surface area (Å²) in [7, 11) is 0. The normalized spacial score (nSPS) is 26.5. The van der Waals surface area contributed by atoms with E-state index in [1.807, 2.05) is 35.2 Å². The minimum absolute atomic E-state index is 0.0595. The van der Waals surface area contributed by atoms with Gasteiger partial charge in [-0.15, -0.1) is 0 Å². The first kappa shape index (κ1) is 13.4. The SMILES string of the molecule is O=C(Nc1ccccc1)N1CCCC1C1CCCNC1. The molecule has 3 rings (SSSR count). The van der Waals surface area contributed by atoms with Crippen molar-refractivity contribution in [3.63, 3.8) is 0 Å². The summed E-state index contributed by atoms with van der Waals surface area (Å²) in [5.41, 5.74) is 0.880. The van der Waals surface area contributed by atoms with E-state index in [0.29, 0.717) is 12.0 Å². The van der Waals surface area contributed by atoms with E-state index < -0.39 is 0 Å². The summed E-state index contributed by atoms with van der Waals surface area (Å²) in [6, 6.07) is 10.2. The highest BCUT2D eigenvalue weighted by Gasteiger charge is 2.35. The van der Waals surface area contributed by atoms with Gasteiger partial charge < -0.3 is 15.5 Å². The Balaban J connectivity index is 1.64. The largest absolute Gasteiger partial charge is 0.322 e. The number of carbonyl (C=O) groups excluding carboxylic acids is 1. The Labute approximate surface area is 120 Å². The van der Waals surface area contributed by atoms with Gasteiger partial charge in [0, 0.05) is 18.3 Å². The number of piperidine rings is 1. The zero-order valence-corrected chi connectivity index (χ0v) is 11.8. The highest BCUT2D eigenvalue weighted by molar-refractivity contribution is 5.89. The molecule has 2 unspecified atom stereocenters. The van der Waals surface area contributed by atoms with Crippen LogP contribution in [0.4, 0.5) is 10.5 Å². The molecule has 2 N–H and O–H groups in total.